The largest absolute Gasteiger partial charge is 1.00 e. The Hall–Kier alpha value is 2.16. The van der Waals surface area contributed by atoms with E-state index >= 15 is 0 Å². The molecule has 0 aliphatic rings. The van der Waals surface area contributed by atoms with Gasteiger partial charge in [-0.15, -0.1) is 0 Å². The monoisotopic (exact) mass is 360 g/mol. The van der Waals surface area contributed by atoms with E-state index < -0.39 is 29.4 Å². The van der Waals surface area contributed by atoms with Crippen LogP contribution in [0.2, 0.25) is 58.9 Å². The molecule has 0 fully saturated rings. The minimum absolute atomic E-state index is 0. The first kappa shape index (κ1) is 23.4. The molecule has 0 atom stereocenters. The zero-order valence-electron chi connectivity index (χ0n) is 15.3. The van der Waals surface area contributed by atoms with Gasteiger partial charge >= 0.3 is 18.9 Å². The van der Waals surface area contributed by atoms with E-state index in [2.05, 4.69) is 95.0 Å². The summed E-state index contributed by atoms with van der Waals surface area (Å²) in [6, 6.07) is 0. The third-order valence-corrected chi connectivity index (χ3v) is 82.5. The number of hydrogen-bond donors (Lipinski definition) is 0. The Bertz CT molecular complexity index is 239. The maximum atomic E-state index is 2.67. The minimum Gasteiger partial charge on any atom is -0.343 e. The summed E-state index contributed by atoms with van der Waals surface area (Å²) in [7, 11) is -3.39. The quantitative estimate of drug-likeness (QED) is 0.527. The molecule has 0 spiro atoms. The van der Waals surface area contributed by atoms with Crippen molar-refractivity contribution in [3.63, 3.8) is 0 Å². The zero-order chi connectivity index (χ0) is 15.0. The molecule has 0 aliphatic carbocycles. The first-order valence-corrected chi connectivity index (χ1v) is 24.7. The molecule has 0 rings (SSSR count). The van der Waals surface area contributed by atoms with Crippen molar-refractivity contribution in [2.45, 2.75) is 58.9 Å². The fourth-order valence-electron chi connectivity index (χ4n) is 4.68. The summed E-state index contributed by atoms with van der Waals surface area (Å²) in [4.78, 5) is 0. The molecule has 0 bridgehead atoms. The van der Waals surface area contributed by atoms with Crippen LogP contribution in [0.25, 0.3) is 0 Å². The Morgan fingerprint density at radius 2 is 0.789 bits per heavy atom. The standard InChI is InChI=1S/C12H33S2Si4.Li/c1-13-12(14-2)18(15(3,4)5,16(6,7)8)17(9,10)11;/h1-11H3;/q-1;+1. The van der Waals surface area contributed by atoms with E-state index in [1.165, 1.54) is 0 Å². The molecule has 0 N–H and O–H groups in total. The van der Waals surface area contributed by atoms with E-state index in [0.717, 1.165) is 0 Å². The summed E-state index contributed by atoms with van der Waals surface area (Å²) in [5.74, 6) is 0. The molecule has 7 heteroatoms. The molecule has 0 nitrogen and oxygen atoms in total. The molecule has 0 heterocycles. The second kappa shape index (κ2) is 7.63. The van der Waals surface area contributed by atoms with Crippen molar-refractivity contribution in [2.75, 3.05) is 12.5 Å². The van der Waals surface area contributed by atoms with Crippen LogP contribution in [0.1, 0.15) is 0 Å². The van der Waals surface area contributed by atoms with Crippen molar-refractivity contribution in [3.05, 3.63) is 4.21 Å². The molecular weight excluding hydrogens is 328 g/mol. The Balaban J connectivity index is 0. The summed E-state index contributed by atoms with van der Waals surface area (Å²) in [6.45, 7) is 22.7. The van der Waals surface area contributed by atoms with Crippen molar-refractivity contribution in [3.8, 4) is 0 Å². The fourth-order valence-corrected chi connectivity index (χ4v) is 125. The van der Waals surface area contributed by atoms with E-state index in [4.69, 9.17) is 0 Å². The van der Waals surface area contributed by atoms with Gasteiger partial charge in [0, 0.05) is 22.8 Å². The molecule has 0 saturated carbocycles. The maximum Gasteiger partial charge on any atom is 1.00 e. The molecule has 19 heavy (non-hydrogen) atoms. The van der Waals surface area contributed by atoms with Crippen LogP contribution < -0.4 is 18.9 Å². The van der Waals surface area contributed by atoms with Crippen molar-refractivity contribution < 1.29 is 18.9 Å². The normalized spacial score (nSPS) is 14.5. The second-order valence-corrected chi connectivity index (χ2v) is 51.1. The first-order chi connectivity index (χ1) is 7.77. The third-order valence-electron chi connectivity index (χ3n) is 4.05. The molecule has 0 radical (unpaired) electrons. The Labute approximate surface area is 146 Å². The molecule has 0 aliphatic heterocycles. The van der Waals surface area contributed by atoms with Gasteiger partial charge < -0.3 is 23.5 Å². The molecule has 0 aromatic heterocycles. The van der Waals surface area contributed by atoms with Crippen molar-refractivity contribution >= 4 is 52.9 Å². The molecule has 0 amide bonds. The predicted molar refractivity (Wildman–Crippen MR) is 106 cm³/mol. The van der Waals surface area contributed by atoms with E-state index in [-0.39, 0.29) is 18.9 Å². The first-order valence-electron chi connectivity index (χ1n) is 6.72. The van der Waals surface area contributed by atoms with Crippen molar-refractivity contribution in [1.29, 1.82) is 0 Å². The molecule has 0 aromatic carbocycles. The SMILES string of the molecule is CS[C-](SC)[Si]([Si](C)(C)C)([Si](C)(C)C)[Si](C)(C)C.[Li+]. The van der Waals surface area contributed by atoms with Gasteiger partial charge in [-0.2, -0.15) is 0 Å². The van der Waals surface area contributed by atoms with E-state index in [0.29, 0.717) is 0 Å². The van der Waals surface area contributed by atoms with E-state index in [1.54, 1.807) is 0 Å². The van der Waals surface area contributed by atoms with Crippen LogP contribution in [0, 0.1) is 4.21 Å². The van der Waals surface area contributed by atoms with Crippen LogP contribution in [0.15, 0.2) is 0 Å². The Morgan fingerprint density at radius 1 is 0.579 bits per heavy atom. The van der Waals surface area contributed by atoms with Crippen LogP contribution >= 0.6 is 23.5 Å². The number of rotatable bonds is 6. The average Bonchev–Trinajstić information content (AvgIpc) is 2.06. The summed E-state index contributed by atoms with van der Waals surface area (Å²) in [5, 5.41) is 0. The Kier molecular flexibility index (Phi) is 9.40. The molecule has 0 unspecified atom stereocenters. The van der Waals surface area contributed by atoms with Crippen molar-refractivity contribution in [1.82, 2.24) is 0 Å². The number of thioether (sulfide) groups is 2. The third kappa shape index (κ3) is 4.34. The van der Waals surface area contributed by atoms with Crippen LogP contribution in [-0.2, 0) is 0 Å². The molecular formula is C12H33LiS2Si4. The van der Waals surface area contributed by atoms with Gasteiger partial charge in [0.2, 0.25) is 0 Å². The zero-order valence-corrected chi connectivity index (χ0v) is 20.9. The fraction of sp³-hybridized carbons (Fsp3) is 0.917. The summed E-state index contributed by atoms with van der Waals surface area (Å²) >= 11 is 4.21. The molecule has 110 valence electrons. The summed E-state index contributed by atoms with van der Waals surface area (Å²) < 4.78 is 1.89. The molecule has 0 aromatic rings. The van der Waals surface area contributed by atoms with Gasteiger partial charge in [0.1, 0.15) is 0 Å². The van der Waals surface area contributed by atoms with Gasteiger partial charge in [0.25, 0.3) is 0 Å². The predicted octanol–water partition coefficient (Wildman–Crippen LogP) is 2.44. The van der Waals surface area contributed by atoms with Crippen molar-refractivity contribution in [2.24, 2.45) is 0 Å². The minimum atomic E-state index is -1.27. The van der Waals surface area contributed by atoms with E-state index in [9.17, 15) is 0 Å². The summed E-state index contributed by atoms with van der Waals surface area (Å²) in [5.41, 5.74) is 0. The smallest absolute Gasteiger partial charge is 0.343 e. The van der Waals surface area contributed by atoms with Gasteiger partial charge in [0.15, 0.2) is 0 Å². The van der Waals surface area contributed by atoms with Crippen LogP contribution in [0.4, 0.5) is 0 Å². The van der Waals surface area contributed by atoms with Gasteiger partial charge in [-0.05, 0) is 12.5 Å². The van der Waals surface area contributed by atoms with Crippen LogP contribution in [0.3, 0.4) is 0 Å². The van der Waals surface area contributed by atoms with Gasteiger partial charge in [-0.3, -0.25) is 0 Å². The topological polar surface area (TPSA) is 0 Å². The Morgan fingerprint density at radius 3 is 0.842 bits per heavy atom. The summed E-state index contributed by atoms with van der Waals surface area (Å²) in [6.07, 6.45) is 4.65. The average molecular weight is 361 g/mol. The van der Waals surface area contributed by atoms with Gasteiger partial charge in [0.05, 0.1) is 0 Å². The van der Waals surface area contributed by atoms with Crippen LogP contribution in [0.5, 0.6) is 0 Å². The van der Waals surface area contributed by atoms with Gasteiger partial charge in [-0.1, -0.05) is 65.5 Å². The number of hydrogen-bond acceptors (Lipinski definition) is 2. The molecule has 0 saturated heterocycles. The second-order valence-electron chi connectivity index (χ2n) is 8.20. The maximum absolute atomic E-state index is 2.67. The van der Waals surface area contributed by atoms with Gasteiger partial charge in [-0.25, -0.2) is 4.21 Å². The van der Waals surface area contributed by atoms with Crippen LogP contribution in [-0.4, -0.2) is 41.9 Å². The van der Waals surface area contributed by atoms with E-state index in [1.807, 2.05) is 4.21 Å².